The second-order valence-electron chi connectivity index (χ2n) is 22.9. The molecule has 2 heterocycles. The monoisotopic (exact) mass is 1120 g/mol. The normalized spacial score (nSPS) is 24.7. The first-order chi connectivity index (χ1) is 38.6. The molecule has 0 aromatic rings. The lowest BCUT2D eigenvalue weighted by Crippen LogP contribution is -2.65. The molecule has 462 valence electrons. The van der Waals surface area contributed by atoms with E-state index in [1.54, 1.807) is 6.08 Å². The van der Waals surface area contributed by atoms with Crippen LogP contribution in [0.1, 0.15) is 264 Å². The number of rotatable bonds is 52. The molecule has 0 aromatic carbocycles. The Hall–Kier alpha value is -2.05. The third-order valence-corrected chi connectivity index (χ3v) is 15.7. The number of nitrogens with one attached hydrogen (secondary N) is 1. The Morgan fingerprint density at radius 1 is 0.443 bits per heavy atom. The van der Waals surface area contributed by atoms with E-state index in [-0.39, 0.29) is 18.9 Å². The third-order valence-electron chi connectivity index (χ3n) is 15.7. The Morgan fingerprint density at radius 2 is 0.823 bits per heavy atom. The minimum absolute atomic E-state index is 0.252. The van der Waals surface area contributed by atoms with Crippen molar-refractivity contribution in [3.05, 3.63) is 48.6 Å². The van der Waals surface area contributed by atoms with Crippen LogP contribution in [0.4, 0.5) is 0 Å². The van der Waals surface area contributed by atoms with Gasteiger partial charge < -0.3 is 65.1 Å². The maximum absolute atomic E-state index is 13.2. The van der Waals surface area contributed by atoms with E-state index in [2.05, 4.69) is 55.6 Å². The number of carbonyl (C=O) groups excluding carboxylic acids is 1. The Kier molecular flexibility index (Phi) is 46.7. The fourth-order valence-electron chi connectivity index (χ4n) is 10.5. The van der Waals surface area contributed by atoms with E-state index in [0.717, 1.165) is 44.9 Å². The maximum Gasteiger partial charge on any atom is 0.220 e. The molecule has 0 aromatic heterocycles. The number of hydrogen-bond acceptors (Lipinski definition) is 13. The fraction of sp³-hybridized carbons (Fsp3) is 0.862. The van der Waals surface area contributed by atoms with Crippen LogP contribution < -0.4 is 5.32 Å². The highest BCUT2D eigenvalue weighted by Gasteiger charge is 2.51. The van der Waals surface area contributed by atoms with E-state index in [9.17, 15) is 45.6 Å². The highest BCUT2D eigenvalue weighted by molar-refractivity contribution is 5.76. The Balaban J connectivity index is 1.61. The zero-order valence-electron chi connectivity index (χ0n) is 49.9. The topological polar surface area (TPSA) is 228 Å². The van der Waals surface area contributed by atoms with E-state index < -0.39 is 86.8 Å². The third kappa shape index (κ3) is 35.6. The van der Waals surface area contributed by atoms with Crippen LogP contribution in [0.15, 0.2) is 48.6 Å². The Labute approximate surface area is 480 Å². The number of allylic oxidation sites excluding steroid dienone is 7. The molecule has 14 heteroatoms. The second kappa shape index (κ2) is 50.5. The summed E-state index contributed by atoms with van der Waals surface area (Å²) in [6.45, 7) is 2.73. The molecule has 1 amide bonds. The van der Waals surface area contributed by atoms with Gasteiger partial charge in [0.15, 0.2) is 12.6 Å². The van der Waals surface area contributed by atoms with Crippen LogP contribution in [-0.2, 0) is 23.7 Å². The van der Waals surface area contributed by atoms with E-state index in [1.165, 1.54) is 186 Å². The molecule has 0 radical (unpaired) electrons. The average Bonchev–Trinajstić information content (AvgIpc) is 3.48. The van der Waals surface area contributed by atoms with Crippen molar-refractivity contribution < 1.29 is 64.6 Å². The summed E-state index contributed by atoms with van der Waals surface area (Å²) in [7, 11) is 0. The standard InChI is InChI=1S/C65H119NO13/c1-3-5-7-9-11-13-15-17-18-19-20-21-22-23-24-25-26-27-28-29-30-31-32-33-34-35-36-37-39-41-43-45-47-49-57(70)66-53(54(69)48-46-44-42-40-38-16-14-12-10-8-6-4-2)52-76-64-62(75)60(73)63(56(51-68)78-64)79-65-61(74)59(72)58(71)55(50-67)77-65/h10,12,19-20,38,40,46,48,53-56,58-65,67-69,71-75H,3-9,11,13-18,21-37,39,41-45,47,49-52H2,1-2H3,(H,66,70)/b12-10+,20-19-,40-38+,48-46+. The molecule has 0 spiro atoms. The first kappa shape index (κ1) is 73.1. The van der Waals surface area contributed by atoms with Crippen LogP contribution >= 0.6 is 0 Å². The molecule has 2 aliphatic rings. The molecule has 9 N–H and O–H groups in total. The fourth-order valence-corrected chi connectivity index (χ4v) is 10.5. The van der Waals surface area contributed by atoms with Crippen molar-refractivity contribution in [2.45, 2.75) is 338 Å². The summed E-state index contributed by atoms with van der Waals surface area (Å²) >= 11 is 0. The lowest BCUT2D eigenvalue weighted by Gasteiger charge is -2.46. The number of ether oxygens (including phenoxy) is 4. The molecule has 2 aliphatic heterocycles. The van der Waals surface area contributed by atoms with Gasteiger partial charge in [-0.05, 0) is 64.2 Å². The smallest absolute Gasteiger partial charge is 0.220 e. The minimum atomic E-state index is -1.79. The van der Waals surface area contributed by atoms with Gasteiger partial charge in [-0.2, -0.15) is 0 Å². The molecule has 14 nitrogen and oxygen atoms in total. The summed E-state index contributed by atoms with van der Waals surface area (Å²) < 4.78 is 22.7. The van der Waals surface area contributed by atoms with Gasteiger partial charge in [0.2, 0.25) is 5.91 Å². The summed E-state index contributed by atoms with van der Waals surface area (Å²) in [5, 5.41) is 87.0. The van der Waals surface area contributed by atoms with Crippen LogP contribution in [-0.4, -0.2) is 140 Å². The highest BCUT2D eigenvalue weighted by Crippen LogP contribution is 2.30. The van der Waals surface area contributed by atoms with Crippen LogP contribution in [0.3, 0.4) is 0 Å². The number of amides is 1. The van der Waals surface area contributed by atoms with E-state index in [4.69, 9.17) is 18.9 Å². The number of carbonyl (C=O) groups is 1. The quantitative estimate of drug-likeness (QED) is 0.0204. The molecule has 2 rings (SSSR count). The SMILES string of the molecule is CCCC/C=C/CC/C=C/CC/C=C/C(O)C(COC1OC(CO)C(OC2OC(CO)C(O)C(O)C2O)C(O)C1O)NC(=O)CCCCCCCCCCCCCCCCCCCCCCC/C=C\CCCCCCCCCC. The van der Waals surface area contributed by atoms with Crippen molar-refractivity contribution in [2.75, 3.05) is 19.8 Å². The molecular formula is C65H119NO13. The van der Waals surface area contributed by atoms with Gasteiger partial charge in [-0.15, -0.1) is 0 Å². The summed E-state index contributed by atoms with van der Waals surface area (Å²) in [4.78, 5) is 13.2. The van der Waals surface area contributed by atoms with Crippen LogP contribution in [0, 0.1) is 0 Å². The Morgan fingerprint density at radius 3 is 1.28 bits per heavy atom. The lowest BCUT2D eigenvalue weighted by atomic mass is 9.97. The molecule has 2 saturated heterocycles. The first-order valence-corrected chi connectivity index (χ1v) is 32.4. The van der Waals surface area contributed by atoms with Crippen LogP contribution in [0.5, 0.6) is 0 Å². The van der Waals surface area contributed by atoms with Crippen molar-refractivity contribution in [3.63, 3.8) is 0 Å². The van der Waals surface area contributed by atoms with Gasteiger partial charge in [0.05, 0.1) is 32.0 Å². The van der Waals surface area contributed by atoms with Gasteiger partial charge >= 0.3 is 0 Å². The Bertz CT molecular complexity index is 1510. The van der Waals surface area contributed by atoms with Gasteiger partial charge in [-0.3, -0.25) is 4.79 Å². The average molecular weight is 1120 g/mol. The van der Waals surface area contributed by atoms with Crippen molar-refractivity contribution in [1.82, 2.24) is 5.32 Å². The number of unbranched alkanes of at least 4 members (excludes halogenated alkanes) is 33. The largest absolute Gasteiger partial charge is 0.394 e. The van der Waals surface area contributed by atoms with Gasteiger partial charge in [-0.25, -0.2) is 0 Å². The molecule has 12 unspecified atom stereocenters. The molecule has 2 fully saturated rings. The predicted octanol–water partition coefficient (Wildman–Crippen LogP) is 12.0. The second-order valence-corrected chi connectivity index (χ2v) is 22.9. The predicted molar refractivity (Wildman–Crippen MR) is 318 cm³/mol. The molecule has 79 heavy (non-hydrogen) atoms. The summed E-state index contributed by atoms with van der Waals surface area (Å²) in [5.74, 6) is -0.252. The van der Waals surface area contributed by atoms with Gasteiger partial charge in [0, 0.05) is 6.42 Å². The zero-order valence-corrected chi connectivity index (χ0v) is 49.9. The maximum atomic E-state index is 13.2. The number of hydrogen-bond donors (Lipinski definition) is 9. The molecule has 12 atom stereocenters. The van der Waals surface area contributed by atoms with Gasteiger partial charge in [-0.1, -0.05) is 242 Å². The molecule has 0 bridgehead atoms. The molecule has 0 aliphatic carbocycles. The van der Waals surface area contributed by atoms with Crippen LogP contribution in [0.25, 0.3) is 0 Å². The van der Waals surface area contributed by atoms with Gasteiger partial charge in [0.25, 0.3) is 0 Å². The first-order valence-electron chi connectivity index (χ1n) is 32.4. The number of aliphatic hydroxyl groups excluding tert-OH is 8. The minimum Gasteiger partial charge on any atom is -0.394 e. The lowest BCUT2D eigenvalue weighted by molar-refractivity contribution is -0.359. The zero-order chi connectivity index (χ0) is 57.4. The summed E-state index contributed by atoms with van der Waals surface area (Å²) in [6, 6.07) is -0.936. The number of aliphatic hydroxyl groups is 8. The van der Waals surface area contributed by atoms with Crippen molar-refractivity contribution in [3.8, 4) is 0 Å². The summed E-state index contributed by atoms with van der Waals surface area (Å²) in [5.41, 5.74) is 0. The summed E-state index contributed by atoms with van der Waals surface area (Å²) in [6.07, 6.45) is 47.7. The van der Waals surface area contributed by atoms with E-state index in [0.29, 0.717) is 12.8 Å². The van der Waals surface area contributed by atoms with Crippen molar-refractivity contribution in [1.29, 1.82) is 0 Å². The highest BCUT2D eigenvalue weighted by atomic mass is 16.7. The molecular weight excluding hydrogens is 1000 g/mol. The van der Waals surface area contributed by atoms with Crippen LogP contribution in [0.2, 0.25) is 0 Å². The van der Waals surface area contributed by atoms with E-state index >= 15 is 0 Å². The molecule has 0 saturated carbocycles. The van der Waals surface area contributed by atoms with E-state index in [1.807, 2.05) is 6.08 Å². The van der Waals surface area contributed by atoms with Gasteiger partial charge in [0.1, 0.15) is 48.8 Å². The van der Waals surface area contributed by atoms with Crippen molar-refractivity contribution in [2.24, 2.45) is 0 Å². The van der Waals surface area contributed by atoms with Crippen molar-refractivity contribution >= 4 is 5.91 Å².